The van der Waals surface area contributed by atoms with E-state index in [-0.39, 0.29) is 5.97 Å². The number of ether oxygens (including phenoxy) is 1. The Morgan fingerprint density at radius 2 is 2.11 bits per heavy atom. The van der Waals surface area contributed by atoms with E-state index in [1.165, 1.54) is 22.4 Å². The summed E-state index contributed by atoms with van der Waals surface area (Å²) in [5.41, 5.74) is 1.25. The van der Waals surface area contributed by atoms with E-state index in [0.29, 0.717) is 11.1 Å². The molecule has 18 heavy (non-hydrogen) atoms. The second-order valence-electron chi connectivity index (χ2n) is 3.89. The lowest BCUT2D eigenvalue weighted by molar-refractivity contribution is -0.837. The molecule has 0 saturated carbocycles. The van der Waals surface area contributed by atoms with Crippen LogP contribution in [0.4, 0.5) is 5.69 Å². The average Bonchev–Trinajstić information content (AvgIpc) is 2.66. The third-order valence-electron chi connectivity index (χ3n) is 2.73. The SMILES string of the molecule is CC.CC[NH+]1c2cc(OC(C)=O)ccc2SC1C. The van der Waals surface area contributed by atoms with Crippen molar-refractivity contribution in [3.8, 4) is 5.75 Å². The van der Waals surface area contributed by atoms with E-state index in [9.17, 15) is 4.79 Å². The lowest BCUT2D eigenvalue weighted by Gasteiger charge is -2.15. The highest BCUT2D eigenvalue weighted by Crippen LogP contribution is 2.35. The van der Waals surface area contributed by atoms with Gasteiger partial charge in [0.15, 0.2) is 0 Å². The van der Waals surface area contributed by atoms with Crippen molar-refractivity contribution in [2.75, 3.05) is 6.54 Å². The first-order valence-electron chi connectivity index (χ1n) is 6.47. The quantitative estimate of drug-likeness (QED) is 0.661. The Morgan fingerprint density at radius 1 is 1.44 bits per heavy atom. The Labute approximate surface area is 114 Å². The van der Waals surface area contributed by atoms with Crippen molar-refractivity contribution in [1.29, 1.82) is 0 Å². The van der Waals surface area contributed by atoms with Crippen molar-refractivity contribution in [1.82, 2.24) is 0 Å². The molecule has 1 aliphatic heterocycles. The summed E-state index contributed by atoms with van der Waals surface area (Å²) in [7, 11) is 0. The van der Waals surface area contributed by atoms with Crippen LogP contribution in [0.15, 0.2) is 23.1 Å². The third kappa shape index (κ3) is 3.27. The summed E-state index contributed by atoms with van der Waals surface area (Å²) in [5, 5.41) is 0.535. The second kappa shape index (κ2) is 6.81. The normalized spacial score (nSPS) is 20.7. The molecule has 4 heteroatoms. The molecule has 1 aromatic carbocycles. The topological polar surface area (TPSA) is 30.7 Å². The number of nitrogens with one attached hydrogen (secondary N) is 1. The first-order valence-corrected chi connectivity index (χ1v) is 7.35. The van der Waals surface area contributed by atoms with Gasteiger partial charge >= 0.3 is 5.97 Å². The molecule has 1 heterocycles. The molecular weight excluding hydrogens is 246 g/mol. The monoisotopic (exact) mass is 268 g/mol. The van der Waals surface area contributed by atoms with Crippen molar-refractivity contribution in [3.05, 3.63) is 18.2 Å². The van der Waals surface area contributed by atoms with Crippen LogP contribution in [-0.2, 0) is 4.79 Å². The van der Waals surface area contributed by atoms with Gasteiger partial charge in [-0.15, -0.1) is 0 Å². The van der Waals surface area contributed by atoms with Crippen LogP contribution in [0.1, 0.15) is 34.6 Å². The maximum Gasteiger partial charge on any atom is 0.308 e. The molecule has 0 bridgehead atoms. The second-order valence-corrected chi connectivity index (χ2v) is 5.27. The number of benzene rings is 1. The number of rotatable bonds is 2. The van der Waals surface area contributed by atoms with Crippen LogP contribution in [0.5, 0.6) is 5.75 Å². The van der Waals surface area contributed by atoms with Gasteiger partial charge in [-0.25, -0.2) is 0 Å². The Bertz CT molecular complexity index is 420. The highest BCUT2D eigenvalue weighted by molar-refractivity contribution is 8.00. The summed E-state index contributed by atoms with van der Waals surface area (Å²) in [6.45, 7) is 10.9. The number of carbonyl (C=O) groups excluding carboxylic acids is 1. The molecule has 3 nitrogen and oxygen atoms in total. The van der Waals surface area contributed by atoms with Crippen molar-refractivity contribution >= 4 is 23.4 Å². The summed E-state index contributed by atoms with van der Waals surface area (Å²) in [4.78, 5) is 13.6. The highest BCUT2D eigenvalue weighted by Gasteiger charge is 2.31. The molecule has 0 radical (unpaired) electrons. The first-order chi connectivity index (χ1) is 8.61. The lowest BCUT2D eigenvalue weighted by atomic mass is 10.2. The number of hydrogen-bond donors (Lipinski definition) is 1. The predicted octanol–water partition coefficient (Wildman–Crippen LogP) is 2.63. The third-order valence-corrected chi connectivity index (χ3v) is 3.98. The standard InChI is InChI=1S/C12H15NO2S.C2H6/c1-4-13-8(2)16-12-6-5-10(7-11(12)13)15-9(3)14;1-2/h5-8H,4H2,1-3H3;1-2H3/p+1. The Kier molecular flexibility index (Phi) is 5.69. The van der Waals surface area contributed by atoms with Crippen molar-refractivity contribution < 1.29 is 14.4 Å². The summed E-state index contributed by atoms with van der Waals surface area (Å²) in [6.07, 6.45) is 0. The van der Waals surface area contributed by atoms with Gasteiger partial charge in [0.2, 0.25) is 0 Å². The fourth-order valence-electron chi connectivity index (χ4n) is 2.05. The van der Waals surface area contributed by atoms with Crippen molar-refractivity contribution in [2.45, 2.75) is 44.9 Å². The largest absolute Gasteiger partial charge is 0.426 e. The number of hydrogen-bond acceptors (Lipinski definition) is 3. The van der Waals surface area contributed by atoms with Crippen LogP contribution in [0.25, 0.3) is 0 Å². The Hall–Kier alpha value is -1.00. The van der Waals surface area contributed by atoms with Gasteiger partial charge in [0.05, 0.1) is 11.4 Å². The van der Waals surface area contributed by atoms with Crippen LogP contribution in [-0.4, -0.2) is 17.9 Å². The Morgan fingerprint density at radius 3 is 2.67 bits per heavy atom. The highest BCUT2D eigenvalue weighted by atomic mass is 32.2. The molecule has 0 amide bonds. The average molecular weight is 268 g/mol. The molecule has 1 aliphatic rings. The number of carbonyl (C=O) groups is 1. The Balaban J connectivity index is 0.000000771. The lowest BCUT2D eigenvalue weighted by Crippen LogP contribution is -3.08. The van der Waals surface area contributed by atoms with Crippen LogP contribution in [0.3, 0.4) is 0 Å². The van der Waals surface area contributed by atoms with Gasteiger partial charge in [-0.1, -0.05) is 25.6 Å². The van der Waals surface area contributed by atoms with Gasteiger partial charge in [-0.05, 0) is 26.0 Å². The zero-order valence-corrected chi connectivity index (χ0v) is 12.6. The molecule has 1 N–H and O–H groups in total. The van der Waals surface area contributed by atoms with Crippen LogP contribution >= 0.6 is 11.8 Å². The maximum atomic E-state index is 10.9. The molecule has 0 spiro atoms. The first kappa shape index (κ1) is 15.1. The zero-order chi connectivity index (χ0) is 13.7. The van der Waals surface area contributed by atoms with Gasteiger partial charge < -0.3 is 4.74 Å². The summed E-state index contributed by atoms with van der Waals surface area (Å²) >= 11 is 1.87. The number of thioether (sulfide) groups is 1. The molecule has 0 saturated heterocycles. The van der Waals surface area contributed by atoms with Crippen LogP contribution in [0.2, 0.25) is 0 Å². The maximum absolute atomic E-state index is 10.9. The summed E-state index contributed by atoms with van der Waals surface area (Å²) in [6, 6.07) is 5.88. The number of esters is 1. The predicted molar refractivity (Wildman–Crippen MR) is 75.6 cm³/mol. The molecule has 2 rings (SSSR count). The molecule has 2 unspecified atom stereocenters. The van der Waals surface area contributed by atoms with Crippen molar-refractivity contribution in [3.63, 3.8) is 0 Å². The molecule has 2 atom stereocenters. The van der Waals surface area contributed by atoms with Crippen LogP contribution in [0, 0.1) is 0 Å². The fourth-order valence-corrected chi connectivity index (χ4v) is 3.33. The molecule has 0 fully saturated rings. The minimum Gasteiger partial charge on any atom is -0.426 e. The van der Waals surface area contributed by atoms with E-state index < -0.39 is 0 Å². The van der Waals surface area contributed by atoms with Crippen molar-refractivity contribution in [2.24, 2.45) is 0 Å². The van der Waals surface area contributed by atoms with E-state index in [1.54, 1.807) is 0 Å². The molecule has 0 aromatic heterocycles. The van der Waals surface area contributed by atoms with E-state index in [0.717, 1.165) is 6.54 Å². The van der Waals surface area contributed by atoms with Gasteiger partial charge in [-0.2, -0.15) is 0 Å². The number of fused-ring (bicyclic) bond motifs is 1. The molecule has 100 valence electrons. The molecule has 0 aliphatic carbocycles. The van der Waals surface area contributed by atoms with E-state index in [1.807, 2.05) is 43.8 Å². The smallest absolute Gasteiger partial charge is 0.308 e. The minimum atomic E-state index is -0.267. The zero-order valence-electron chi connectivity index (χ0n) is 11.7. The summed E-state index contributed by atoms with van der Waals surface area (Å²) < 4.78 is 5.11. The van der Waals surface area contributed by atoms with Gasteiger partial charge in [0.1, 0.15) is 16.8 Å². The number of quaternary nitrogens is 1. The minimum absolute atomic E-state index is 0.267. The van der Waals surface area contributed by atoms with Crippen LogP contribution < -0.4 is 9.64 Å². The molecular formula is C14H22NO2S+. The van der Waals surface area contributed by atoms with Gasteiger partial charge in [0.25, 0.3) is 0 Å². The fraction of sp³-hybridized carbons (Fsp3) is 0.500. The summed E-state index contributed by atoms with van der Waals surface area (Å²) in [5.74, 6) is 0.378. The molecule has 1 aromatic rings. The van der Waals surface area contributed by atoms with E-state index >= 15 is 0 Å². The van der Waals surface area contributed by atoms with Gasteiger partial charge in [0, 0.05) is 13.0 Å². The van der Waals surface area contributed by atoms with E-state index in [2.05, 4.69) is 13.8 Å². The van der Waals surface area contributed by atoms with E-state index in [4.69, 9.17) is 4.74 Å². The van der Waals surface area contributed by atoms with Gasteiger partial charge in [-0.3, -0.25) is 9.69 Å².